The highest BCUT2D eigenvalue weighted by molar-refractivity contribution is 7.92. The summed E-state index contributed by atoms with van der Waals surface area (Å²) in [4.78, 5) is 0.0923. The van der Waals surface area contributed by atoms with Crippen LogP contribution in [0.15, 0.2) is 41.3 Å². The Morgan fingerprint density at radius 3 is 2.52 bits per heavy atom. The molecular weight excluding hydrogens is 310 g/mol. The highest BCUT2D eigenvalue weighted by Gasteiger charge is 2.17. The van der Waals surface area contributed by atoms with Gasteiger partial charge in [-0.05, 0) is 54.8 Å². The summed E-state index contributed by atoms with van der Waals surface area (Å²) in [7, 11) is -3.75. The summed E-state index contributed by atoms with van der Waals surface area (Å²) < 4.78 is 27.3. The summed E-state index contributed by atoms with van der Waals surface area (Å²) in [5.41, 5.74) is 2.65. The van der Waals surface area contributed by atoms with Crippen molar-refractivity contribution in [2.75, 3.05) is 4.72 Å². The van der Waals surface area contributed by atoms with E-state index in [1.165, 1.54) is 12.1 Å². The summed E-state index contributed by atoms with van der Waals surface area (Å²) in [6, 6.07) is 9.74. The van der Waals surface area contributed by atoms with Crippen molar-refractivity contribution >= 4 is 27.3 Å². The minimum atomic E-state index is -3.75. The molecule has 2 rings (SSSR count). The Labute approximate surface area is 129 Å². The van der Waals surface area contributed by atoms with Gasteiger partial charge in [-0.1, -0.05) is 23.7 Å². The smallest absolute Gasteiger partial charge is 0.261 e. The predicted molar refractivity (Wildman–Crippen MR) is 84.1 cm³/mol. The summed E-state index contributed by atoms with van der Waals surface area (Å²) in [6.45, 7) is 3.46. The first-order valence-electron chi connectivity index (χ1n) is 6.33. The van der Waals surface area contributed by atoms with Crippen LogP contribution in [-0.2, 0) is 16.6 Å². The lowest BCUT2D eigenvalue weighted by Crippen LogP contribution is -2.14. The van der Waals surface area contributed by atoms with E-state index in [-0.39, 0.29) is 11.5 Å². The van der Waals surface area contributed by atoms with Crippen molar-refractivity contribution in [3.05, 3.63) is 58.1 Å². The SMILES string of the molecule is Cc1ccc(Cl)c(NS(=O)(=O)c2ccc(C)c(CO)c2)c1. The van der Waals surface area contributed by atoms with E-state index < -0.39 is 10.0 Å². The van der Waals surface area contributed by atoms with Crippen molar-refractivity contribution in [2.45, 2.75) is 25.3 Å². The van der Waals surface area contributed by atoms with E-state index in [4.69, 9.17) is 11.6 Å². The second kappa shape index (κ2) is 6.05. The number of hydrogen-bond donors (Lipinski definition) is 2. The van der Waals surface area contributed by atoms with Gasteiger partial charge in [0, 0.05) is 0 Å². The van der Waals surface area contributed by atoms with Gasteiger partial charge in [-0.2, -0.15) is 0 Å². The van der Waals surface area contributed by atoms with Crippen LogP contribution in [-0.4, -0.2) is 13.5 Å². The molecule has 0 bridgehead atoms. The lowest BCUT2D eigenvalue weighted by Gasteiger charge is -2.12. The number of halogens is 1. The maximum Gasteiger partial charge on any atom is 0.261 e. The lowest BCUT2D eigenvalue weighted by atomic mass is 10.1. The van der Waals surface area contributed by atoms with E-state index in [0.717, 1.165) is 11.1 Å². The van der Waals surface area contributed by atoms with Gasteiger partial charge in [-0.15, -0.1) is 0 Å². The third-order valence-electron chi connectivity index (χ3n) is 3.17. The molecule has 0 aliphatic heterocycles. The Kier molecular flexibility index (Phi) is 4.56. The summed E-state index contributed by atoms with van der Waals surface area (Å²) >= 11 is 6.01. The first kappa shape index (κ1) is 15.8. The van der Waals surface area contributed by atoms with Gasteiger partial charge < -0.3 is 5.11 Å². The number of hydrogen-bond acceptors (Lipinski definition) is 3. The molecule has 0 radical (unpaired) electrons. The Balaban J connectivity index is 2.41. The number of aliphatic hydroxyl groups is 1. The second-order valence-electron chi connectivity index (χ2n) is 4.84. The van der Waals surface area contributed by atoms with E-state index in [2.05, 4.69) is 4.72 Å². The van der Waals surface area contributed by atoms with Gasteiger partial charge in [-0.25, -0.2) is 8.42 Å². The van der Waals surface area contributed by atoms with Crippen molar-refractivity contribution in [2.24, 2.45) is 0 Å². The molecule has 0 atom stereocenters. The first-order chi connectivity index (χ1) is 9.83. The maximum absolute atomic E-state index is 12.4. The molecule has 6 heteroatoms. The Hall–Kier alpha value is -1.56. The maximum atomic E-state index is 12.4. The van der Waals surface area contributed by atoms with E-state index in [9.17, 15) is 13.5 Å². The van der Waals surface area contributed by atoms with Crippen molar-refractivity contribution in [3.8, 4) is 0 Å². The van der Waals surface area contributed by atoms with Crippen LogP contribution < -0.4 is 4.72 Å². The minimum absolute atomic E-state index is 0.0923. The second-order valence-corrected chi connectivity index (χ2v) is 6.92. The van der Waals surface area contributed by atoms with E-state index in [0.29, 0.717) is 16.3 Å². The Morgan fingerprint density at radius 1 is 1.14 bits per heavy atom. The Bertz CT molecular complexity index is 772. The molecule has 2 N–H and O–H groups in total. The molecule has 0 saturated carbocycles. The van der Waals surface area contributed by atoms with Crippen LogP contribution in [0, 0.1) is 13.8 Å². The van der Waals surface area contributed by atoms with Crippen molar-refractivity contribution in [1.82, 2.24) is 0 Å². The third-order valence-corrected chi connectivity index (χ3v) is 4.86. The zero-order valence-electron chi connectivity index (χ0n) is 11.7. The fourth-order valence-corrected chi connectivity index (χ4v) is 3.25. The molecule has 0 aromatic heterocycles. The van der Waals surface area contributed by atoms with Crippen molar-refractivity contribution in [3.63, 3.8) is 0 Å². The predicted octanol–water partition coefficient (Wildman–Crippen LogP) is 3.25. The van der Waals surface area contributed by atoms with Crippen LogP contribution in [0.3, 0.4) is 0 Å². The molecule has 2 aromatic carbocycles. The van der Waals surface area contributed by atoms with Gasteiger partial charge in [0.05, 0.1) is 22.2 Å². The average Bonchev–Trinajstić information content (AvgIpc) is 2.43. The van der Waals surface area contributed by atoms with Crippen LogP contribution in [0.2, 0.25) is 5.02 Å². The zero-order valence-corrected chi connectivity index (χ0v) is 13.3. The monoisotopic (exact) mass is 325 g/mol. The van der Waals surface area contributed by atoms with Gasteiger partial charge in [-0.3, -0.25) is 4.72 Å². The quantitative estimate of drug-likeness (QED) is 0.906. The standard InChI is InChI=1S/C15H16ClNO3S/c1-10-3-6-14(16)15(7-10)17-21(19,20)13-5-4-11(2)12(8-13)9-18/h3-8,17-18H,9H2,1-2H3. The van der Waals surface area contributed by atoms with Crippen LogP contribution >= 0.6 is 11.6 Å². The summed E-state index contributed by atoms with van der Waals surface area (Å²) in [5, 5.41) is 9.57. The van der Waals surface area contributed by atoms with Crippen LogP contribution in [0.1, 0.15) is 16.7 Å². The minimum Gasteiger partial charge on any atom is -0.392 e. The molecule has 21 heavy (non-hydrogen) atoms. The third kappa shape index (κ3) is 3.56. The molecule has 4 nitrogen and oxygen atoms in total. The van der Waals surface area contributed by atoms with Gasteiger partial charge in [0.1, 0.15) is 0 Å². The Morgan fingerprint density at radius 2 is 1.86 bits per heavy atom. The number of anilines is 1. The fraction of sp³-hybridized carbons (Fsp3) is 0.200. The van der Waals surface area contributed by atoms with E-state index in [1.807, 2.05) is 13.8 Å². The molecule has 0 saturated heterocycles. The topological polar surface area (TPSA) is 66.4 Å². The number of aryl methyl sites for hydroxylation is 2. The lowest BCUT2D eigenvalue weighted by molar-refractivity contribution is 0.281. The highest BCUT2D eigenvalue weighted by Crippen LogP contribution is 2.26. The molecule has 112 valence electrons. The number of benzene rings is 2. The molecular formula is C15H16ClNO3S. The van der Waals surface area contributed by atoms with E-state index >= 15 is 0 Å². The van der Waals surface area contributed by atoms with Crippen molar-refractivity contribution in [1.29, 1.82) is 0 Å². The van der Waals surface area contributed by atoms with Crippen LogP contribution in [0.25, 0.3) is 0 Å². The number of rotatable bonds is 4. The molecule has 0 spiro atoms. The normalized spacial score (nSPS) is 11.4. The molecule has 0 aliphatic carbocycles. The molecule has 0 fully saturated rings. The molecule has 0 amide bonds. The fourth-order valence-electron chi connectivity index (χ4n) is 1.91. The molecule has 2 aromatic rings. The number of aliphatic hydroxyl groups excluding tert-OH is 1. The van der Waals surface area contributed by atoms with Gasteiger partial charge in [0.2, 0.25) is 0 Å². The summed E-state index contributed by atoms with van der Waals surface area (Å²) in [5.74, 6) is 0. The van der Waals surface area contributed by atoms with Gasteiger partial charge in [0.15, 0.2) is 0 Å². The largest absolute Gasteiger partial charge is 0.392 e. The number of nitrogens with one attached hydrogen (secondary N) is 1. The summed E-state index contributed by atoms with van der Waals surface area (Å²) in [6.07, 6.45) is 0. The van der Waals surface area contributed by atoms with Crippen molar-refractivity contribution < 1.29 is 13.5 Å². The zero-order chi connectivity index (χ0) is 15.6. The van der Waals surface area contributed by atoms with Crippen LogP contribution in [0.5, 0.6) is 0 Å². The molecule has 0 heterocycles. The van der Waals surface area contributed by atoms with E-state index in [1.54, 1.807) is 24.3 Å². The van der Waals surface area contributed by atoms with Gasteiger partial charge in [0.25, 0.3) is 10.0 Å². The average molecular weight is 326 g/mol. The van der Waals surface area contributed by atoms with Crippen LogP contribution in [0.4, 0.5) is 5.69 Å². The van der Waals surface area contributed by atoms with Gasteiger partial charge >= 0.3 is 0 Å². The molecule has 0 unspecified atom stereocenters. The highest BCUT2D eigenvalue weighted by atomic mass is 35.5. The first-order valence-corrected chi connectivity index (χ1v) is 8.19. The number of sulfonamides is 1. The molecule has 0 aliphatic rings.